The number of carbonyl (C=O) groups excluding carboxylic acids is 2. The minimum atomic E-state index is -0.508. The Morgan fingerprint density at radius 2 is 1.53 bits per heavy atom. The normalized spacial score (nSPS) is 10.8. The van der Waals surface area contributed by atoms with Gasteiger partial charge in [0.15, 0.2) is 0 Å². The summed E-state index contributed by atoms with van der Waals surface area (Å²) in [6, 6.07) is 24.0. The van der Waals surface area contributed by atoms with Crippen LogP contribution in [0.2, 0.25) is 0 Å². The summed E-state index contributed by atoms with van der Waals surface area (Å²) in [6.45, 7) is 0.718. The second kappa shape index (κ2) is 8.77. The predicted molar refractivity (Wildman–Crippen MR) is 125 cm³/mol. The zero-order valence-electron chi connectivity index (χ0n) is 17.3. The smallest absolute Gasteiger partial charge is 0.268 e. The molecule has 2 amide bonds. The first-order valence-electron chi connectivity index (χ1n) is 10.1. The molecular weight excluding hydrogens is 402 g/mol. The third kappa shape index (κ3) is 4.37. The van der Waals surface area contributed by atoms with Gasteiger partial charge in [0, 0.05) is 35.1 Å². The van der Waals surface area contributed by atoms with Crippen LogP contribution in [0.1, 0.15) is 37.5 Å². The Morgan fingerprint density at radius 3 is 2.28 bits per heavy atom. The number of aromatic nitrogens is 1. The van der Waals surface area contributed by atoms with Crippen LogP contribution in [0.3, 0.4) is 0 Å². The molecular formula is C25H23N5O2. The van der Waals surface area contributed by atoms with Crippen molar-refractivity contribution in [1.29, 1.82) is 5.41 Å². The summed E-state index contributed by atoms with van der Waals surface area (Å²) >= 11 is 0. The molecule has 0 saturated carbocycles. The zero-order chi connectivity index (χ0) is 22.7. The van der Waals surface area contributed by atoms with E-state index in [-0.39, 0.29) is 18.3 Å². The quantitative estimate of drug-likeness (QED) is 0.268. The van der Waals surface area contributed by atoms with Crippen LogP contribution in [0, 0.1) is 5.41 Å². The topological polar surface area (TPSA) is 127 Å². The van der Waals surface area contributed by atoms with Crippen molar-refractivity contribution in [3.05, 3.63) is 107 Å². The number of hydrogen-bond donors (Lipinski definition) is 4. The van der Waals surface area contributed by atoms with Gasteiger partial charge in [0.25, 0.3) is 5.91 Å². The summed E-state index contributed by atoms with van der Waals surface area (Å²) in [5.74, 6) is -0.736. The first-order valence-corrected chi connectivity index (χ1v) is 10.1. The molecule has 0 fully saturated rings. The van der Waals surface area contributed by atoms with Gasteiger partial charge in [-0.3, -0.25) is 15.0 Å². The van der Waals surface area contributed by atoms with Crippen LogP contribution in [0.25, 0.3) is 10.9 Å². The average molecular weight is 425 g/mol. The Balaban J connectivity index is 1.63. The van der Waals surface area contributed by atoms with Gasteiger partial charge in [-0.05, 0) is 41.5 Å². The highest BCUT2D eigenvalue weighted by molar-refractivity contribution is 5.99. The fraction of sp³-hybridized carbons (Fsp3) is 0.0800. The molecule has 0 bridgehead atoms. The minimum Gasteiger partial charge on any atom is -0.384 e. The molecule has 6 N–H and O–H groups in total. The number of nitrogen functional groups attached to an aromatic ring is 1. The molecule has 0 aliphatic rings. The number of fused-ring (bicyclic) bond motifs is 1. The standard InChI is InChI=1S/C25H23N5O2/c26-23(27)19-8-4-6-17(12-19)15-30-21-10-2-1-7-18(21)13-22(30)25(32)29-14-16-5-3-9-20(11-16)24(28)31/h1-13H,14-15H2,(H3,26,27)(H2,28,31)(H,29,32). The molecule has 4 aromatic rings. The Morgan fingerprint density at radius 1 is 0.844 bits per heavy atom. The van der Waals surface area contributed by atoms with Gasteiger partial charge < -0.3 is 21.4 Å². The number of nitrogens with one attached hydrogen (secondary N) is 2. The van der Waals surface area contributed by atoms with Crippen molar-refractivity contribution >= 4 is 28.6 Å². The van der Waals surface area contributed by atoms with Crippen LogP contribution in [-0.2, 0) is 13.1 Å². The van der Waals surface area contributed by atoms with Crippen molar-refractivity contribution < 1.29 is 9.59 Å². The van der Waals surface area contributed by atoms with E-state index in [9.17, 15) is 9.59 Å². The number of primary amides is 1. The molecule has 1 aromatic heterocycles. The van der Waals surface area contributed by atoms with Crippen LogP contribution < -0.4 is 16.8 Å². The molecule has 0 aliphatic heterocycles. The maximum absolute atomic E-state index is 13.1. The lowest BCUT2D eigenvalue weighted by atomic mass is 10.1. The second-order valence-corrected chi connectivity index (χ2v) is 7.54. The van der Waals surface area contributed by atoms with Crippen LogP contribution in [-0.4, -0.2) is 22.2 Å². The minimum absolute atomic E-state index is 0.000344. The van der Waals surface area contributed by atoms with E-state index in [2.05, 4.69) is 5.32 Å². The molecule has 0 saturated heterocycles. The van der Waals surface area contributed by atoms with Gasteiger partial charge in [-0.2, -0.15) is 0 Å². The Bertz CT molecular complexity index is 1340. The van der Waals surface area contributed by atoms with Gasteiger partial charge in [-0.25, -0.2) is 0 Å². The molecule has 3 aromatic carbocycles. The third-order valence-corrected chi connectivity index (χ3v) is 5.29. The van der Waals surface area contributed by atoms with Gasteiger partial charge in [-0.1, -0.05) is 48.5 Å². The average Bonchev–Trinajstić information content (AvgIpc) is 3.16. The van der Waals surface area contributed by atoms with Crippen LogP contribution >= 0.6 is 0 Å². The first-order chi connectivity index (χ1) is 15.4. The molecule has 32 heavy (non-hydrogen) atoms. The number of rotatable bonds is 7. The molecule has 0 unspecified atom stereocenters. The van der Waals surface area contributed by atoms with Crippen LogP contribution in [0.5, 0.6) is 0 Å². The number of para-hydroxylation sites is 1. The van der Waals surface area contributed by atoms with E-state index in [4.69, 9.17) is 16.9 Å². The highest BCUT2D eigenvalue weighted by Gasteiger charge is 2.16. The molecule has 0 spiro atoms. The van der Waals surface area contributed by atoms with Crippen molar-refractivity contribution in [3.63, 3.8) is 0 Å². The van der Waals surface area contributed by atoms with Gasteiger partial charge in [0.05, 0.1) is 0 Å². The van der Waals surface area contributed by atoms with Gasteiger partial charge in [0.2, 0.25) is 5.91 Å². The van der Waals surface area contributed by atoms with E-state index < -0.39 is 5.91 Å². The number of hydrogen-bond acceptors (Lipinski definition) is 3. The zero-order valence-corrected chi connectivity index (χ0v) is 17.3. The Labute approximate surface area is 185 Å². The molecule has 4 rings (SSSR count). The third-order valence-electron chi connectivity index (χ3n) is 5.29. The Hall–Kier alpha value is -4.39. The van der Waals surface area contributed by atoms with E-state index in [0.29, 0.717) is 23.4 Å². The SMILES string of the molecule is N=C(N)c1cccc(Cn2c(C(=O)NCc3cccc(C(N)=O)c3)cc3ccccc32)c1. The predicted octanol–water partition coefficient (Wildman–Crippen LogP) is 3.00. The first kappa shape index (κ1) is 20.9. The summed E-state index contributed by atoms with van der Waals surface area (Å²) < 4.78 is 1.95. The number of benzene rings is 3. The van der Waals surface area contributed by atoms with Crippen molar-refractivity contribution in [2.75, 3.05) is 0 Å². The molecule has 7 heteroatoms. The number of amides is 2. The maximum Gasteiger partial charge on any atom is 0.268 e. The summed E-state index contributed by atoms with van der Waals surface area (Å²) in [6.07, 6.45) is 0. The van der Waals surface area contributed by atoms with Crippen molar-refractivity contribution in [2.45, 2.75) is 13.1 Å². The van der Waals surface area contributed by atoms with Gasteiger partial charge >= 0.3 is 0 Å². The van der Waals surface area contributed by atoms with Crippen LogP contribution in [0.15, 0.2) is 78.9 Å². The van der Waals surface area contributed by atoms with E-state index in [0.717, 1.165) is 22.0 Å². The van der Waals surface area contributed by atoms with Crippen molar-refractivity contribution in [2.24, 2.45) is 11.5 Å². The summed E-state index contributed by atoms with van der Waals surface area (Å²) in [5, 5.41) is 11.6. The molecule has 160 valence electrons. The van der Waals surface area contributed by atoms with E-state index in [1.165, 1.54) is 0 Å². The highest BCUT2D eigenvalue weighted by atomic mass is 16.2. The lowest BCUT2D eigenvalue weighted by Crippen LogP contribution is -2.26. The van der Waals surface area contributed by atoms with E-state index >= 15 is 0 Å². The largest absolute Gasteiger partial charge is 0.384 e. The number of nitrogens with two attached hydrogens (primary N) is 2. The number of amidine groups is 1. The van der Waals surface area contributed by atoms with Crippen molar-refractivity contribution in [1.82, 2.24) is 9.88 Å². The molecule has 1 heterocycles. The summed E-state index contributed by atoms with van der Waals surface area (Å²) in [7, 11) is 0. The molecule has 7 nitrogen and oxygen atoms in total. The van der Waals surface area contributed by atoms with E-state index in [1.807, 2.05) is 59.2 Å². The summed E-state index contributed by atoms with van der Waals surface area (Å²) in [4.78, 5) is 24.5. The van der Waals surface area contributed by atoms with Crippen molar-refractivity contribution in [3.8, 4) is 0 Å². The van der Waals surface area contributed by atoms with Gasteiger partial charge in [0.1, 0.15) is 11.5 Å². The molecule has 0 aliphatic carbocycles. The fourth-order valence-electron chi connectivity index (χ4n) is 3.70. The number of nitrogens with zero attached hydrogens (tertiary/aromatic N) is 1. The highest BCUT2D eigenvalue weighted by Crippen LogP contribution is 2.22. The summed E-state index contributed by atoms with van der Waals surface area (Å²) in [5.41, 5.74) is 15.2. The van der Waals surface area contributed by atoms with E-state index in [1.54, 1.807) is 24.3 Å². The Kier molecular flexibility index (Phi) is 5.72. The van der Waals surface area contributed by atoms with Gasteiger partial charge in [-0.15, -0.1) is 0 Å². The monoisotopic (exact) mass is 425 g/mol. The lowest BCUT2D eigenvalue weighted by Gasteiger charge is -2.12. The molecule has 0 atom stereocenters. The second-order valence-electron chi connectivity index (χ2n) is 7.54. The lowest BCUT2D eigenvalue weighted by molar-refractivity contribution is 0.0942. The van der Waals surface area contributed by atoms with Crippen LogP contribution in [0.4, 0.5) is 0 Å². The fourth-order valence-corrected chi connectivity index (χ4v) is 3.70. The number of carbonyl (C=O) groups is 2. The maximum atomic E-state index is 13.1. The molecule has 0 radical (unpaired) electrons.